The molecule has 2 heteroatoms. The van der Waals surface area contributed by atoms with E-state index in [2.05, 4.69) is 28.7 Å². The monoisotopic (exact) mass is 257 g/mol. The lowest BCUT2D eigenvalue weighted by Crippen LogP contribution is -1.87. The topological polar surface area (TPSA) is 23.8 Å². The van der Waals surface area contributed by atoms with Gasteiger partial charge >= 0.3 is 0 Å². The Morgan fingerprint density at radius 3 is 2.09 bits per heavy atom. The molecule has 0 heterocycles. The summed E-state index contributed by atoms with van der Waals surface area (Å²) in [4.78, 5) is 0. The van der Waals surface area contributed by atoms with E-state index in [4.69, 9.17) is 5.26 Å². The molecule has 0 aliphatic carbocycles. The van der Waals surface area contributed by atoms with Gasteiger partial charge in [0.15, 0.2) is 0 Å². The minimum atomic E-state index is 0.750. The summed E-state index contributed by atoms with van der Waals surface area (Å²) in [5.74, 6) is 0. The molecule has 0 amide bonds. The zero-order valence-corrected chi connectivity index (χ0v) is 8.64. The van der Waals surface area contributed by atoms with Gasteiger partial charge in [0.1, 0.15) is 0 Å². The van der Waals surface area contributed by atoms with E-state index >= 15 is 0 Å². The number of aryl methyl sites for hydroxylation is 2. The van der Waals surface area contributed by atoms with Gasteiger partial charge in [0.2, 0.25) is 0 Å². The van der Waals surface area contributed by atoms with Gasteiger partial charge in [-0.3, -0.25) is 0 Å². The Bertz CT molecular complexity index is 300. The van der Waals surface area contributed by atoms with Gasteiger partial charge in [0, 0.05) is 3.57 Å². The Balaban J connectivity index is 3.35. The molecular formula is C9H8IN. The first-order valence-corrected chi connectivity index (χ1v) is 4.40. The summed E-state index contributed by atoms with van der Waals surface area (Å²) < 4.78 is 1.25. The lowest BCUT2D eigenvalue weighted by Gasteiger charge is -2.01. The molecule has 0 fully saturated rings. The number of rotatable bonds is 0. The van der Waals surface area contributed by atoms with Crippen LogP contribution in [0.15, 0.2) is 12.1 Å². The predicted molar refractivity (Wildman–Crippen MR) is 53.3 cm³/mol. The number of benzene rings is 1. The standard InChI is InChI=1S/C9H8IN/c1-6-3-8(5-11)4-7(2)9(6)10/h3-4H,1-2H3. The molecule has 0 atom stereocenters. The first kappa shape index (κ1) is 8.54. The number of halogens is 1. The molecule has 0 saturated heterocycles. The van der Waals surface area contributed by atoms with E-state index in [0.29, 0.717) is 0 Å². The third-order valence-electron chi connectivity index (χ3n) is 1.57. The maximum atomic E-state index is 8.62. The number of nitrogens with zero attached hydrogens (tertiary/aromatic N) is 1. The molecule has 0 unspecified atom stereocenters. The van der Waals surface area contributed by atoms with Crippen molar-refractivity contribution in [3.8, 4) is 6.07 Å². The van der Waals surface area contributed by atoms with Crippen LogP contribution < -0.4 is 0 Å². The Kier molecular flexibility index (Phi) is 2.50. The highest BCUT2D eigenvalue weighted by Gasteiger charge is 2.00. The van der Waals surface area contributed by atoms with Gasteiger partial charge in [-0.15, -0.1) is 0 Å². The van der Waals surface area contributed by atoms with Crippen molar-refractivity contribution < 1.29 is 0 Å². The van der Waals surface area contributed by atoms with E-state index < -0.39 is 0 Å². The quantitative estimate of drug-likeness (QED) is 0.655. The maximum absolute atomic E-state index is 8.62. The fourth-order valence-corrected chi connectivity index (χ4v) is 1.32. The average Bonchev–Trinajstić information content (AvgIpc) is 1.99. The van der Waals surface area contributed by atoms with Gasteiger partial charge in [0.05, 0.1) is 11.6 Å². The van der Waals surface area contributed by atoms with Crippen LogP contribution in [0.3, 0.4) is 0 Å². The zero-order chi connectivity index (χ0) is 8.43. The van der Waals surface area contributed by atoms with Crippen LogP contribution >= 0.6 is 22.6 Å². The lowest BCUT2D eigenvalue weighted by atomic mass is 10.1. The number of hydrogen-bond acceptors (Lipinski definition) is 1. The molecule has 0 saturated carbocycles. The van der Waals surface area contributed by atoms with Crippen LogP contribution in [0, 0.1) is 28.7 Å². The van der Waals surface area contributed by atoms with Crippen molar-refractivity contribution in [2.45, 2.75) is 13.8 Å². The molecular weight excluding hydrogens is 249 g/mol. The lowest BCUT2D eigenvalue weighted by molar-refractivity contribution is 1.31. The molecule has 1 aromatic rings. The van der Waals surface area contributed by atoms with Gasteiger partial charge < -0.3 is 0 Å². The average molecular weight is 257 g/mol. The predicted octanol–water partition coefficient (Wildman–Crippen LogP) is 2.78. The molecule has 0 bridgehead atoms. The molecule has 1 rings (SSSR count). The molecule has 0 aliphatic heterocycles. The Labute approximate surface area is 80.2 Å². The zero-order valence-electron chi connectivity index (χ0n) is 6.48. The van der Waals surface area contributed by atoms with Crippen LogP contribution in [-0.4, -0.2) is 0 Å². The molecule has 0 aromatic heterocycles. The molecule has 11 heavy (non-hydrogen) atoms. The van der Waals surface area contributed by atoms with E-state index in [1.165, 1.54) is 14.7 Å². The summed E-state index contributed by atoms with van der Waals surface area (Å²) in [5.41, 5.74) is 3.12. The normalized spacial score (nSPS) is 9.27. The van der Waals surface area contributed by atoms with E-state index in [-0.39, 0.29) is 0 Å². The van der Waals surface area contributed by atoms with Crippen molar-refractivity contribution >= 4 is 22.6 Å². The van der Waals surface area contributed by atoms with Gasteiger partial charge in [0.25, 0.3) is 0 Å². The second kappa shape index (κ2) is 3.22. The van der Waals surface area contributed by atoms with Crippen molar-refractivity contribution in [3.63, 3.8) is 0 Å². The van der Waals surface area contributed by atoms with Crippen molar-refractivity contribution in [2.24, 2.45) is 0 Å². The number of hydrogen-bond donors (Lipinski definition) is 0. The molecule has 0 spiro atoms. The highest BCUT2D eigenvalue weighted by molar-refractivity contribution is 14.1. The smallest absolute Gasteiger partial charge is 0.0991 e. The van der Waals surface area contributed by atoms with Crippen LogP contribution in [0.2, 0.25) is 0 Å². The second-order valence-corrected chi connectivity index (χ2v) is 3.61. The van der Waals surface area contributed by atoms with Crippen LogP contribution in [0.25, 0.3) is 0 Å². The summed E-state index contributed by atoms with van der Waals surface area (Å²) in [6.07, 6.45) is 0. The minimum absolute atomic E-state index is 0.750. The molecule has 1 aromatic carbocycles. The van der Waals surface area contributed by atoms with Crippen LogP contribution in [0.1, 0.15) is 16.7 Å². The van der Waals surface area contributed by atoms with E-state index in [1.807, 2.05) is 26.0 Å². The molecule has 1 nitrogen and oxygen atoms in total. The molecule has 56 valence electrons. The van der Waals surface area contributed by atoms with Gasteiger partial charge in [-0.25, -0.2) is 0 Å². The van der Waals surface area contributed by atoms with Crippen LogP contribution in [-0.2, 0) is 0 Å². The van der Waals surface area contributed by atoms with Crippen LogP contribution in [0.4, 0.5) is 0 Å². The fraction of sp³-hybridized carbons (Fsp3) is 0.222. The van der Waals surface area contributed by atoms with E-state index in [0.717, 1.165) is 5.56 Å². The second-order valence-electron chi connectivity index (χ2n) is 2.54. The van der Waals surface area contributed by atoms with Crippen molar-refractivity contribution in [1.29, 1.82) is 5.26 Å². The van der Waals surface area contributed by atoms with Crippen molar-refractivity contribution in [3.05, 3.63) is 32.4 Å². The molecule has 0 N–H and O–H groups in total. The highest BCUT2D eigenvalue weighted by Crippen LogP contribution is 2.17. The third kappa shape index (κ3) is 1.72. The summed E-state index contributed by atoms with van der Waals surface area (Å²) >= 11 is 2.29. The van der Waals surface area contributed by atoms with E-state index in [1.54, 1.807) is 0 Å². The Morgan fingerprint density at radius 2 is 1.73 bits per heavy atom. The summed E-state index contributed by atoms with van der Waals surface area (Å²) in [5, 5.41) is 8.62. The van der Waals surface area contributed by atoms with Crippen molar-refractivity contribution in [2.75, 3.05) is 0 Å². The van der Waals surface area contributed by atoms with Crippen molar-refractivity contribution in [1.82, 2.24) is 0 Å². The first-order valence-electron chi connectivity index (χ1n) is 3.32. The summed E-state index contributed by atoms with van der Waals surface area (Å²) in [7, 11) is 0. The molecule has 0 aliphatic rings. The number of nitriles is 1. The minimum Gasteiger partial charge on any atom is -0.192 e. The summed E-state index contributed by atoms with van der Waals surface area (Å²) in [6, 6.07) is 5.96. The summed E-state index contributed by atoms with van der Waals surface area (Å²) in [6.45, 7) is 4.05. The van der Waals surface area contributed by atoms with E-state index in [9.17, 15) is 0 Å². The third-order valence-corrected chi connectivity index (χ3v) is 3.27. The van der Waals surface area contributed by atoms with Gasteiger partial charge in [-0.1, -0.05) is 0 Å². The fourth-order valence-electron chi connectivity index (χ4n) is 1.01. The Morgan fingerprint density at radius 1 is 1.27 bits per heavy atom. The van der Waals surface area contributed by atoms with Gasteiger partial charge in [-0.05, 0) is 59.7 Å². The first-order chi connectivity index (χ1) is 5.15. The van der Waals surface area contributed by atoms with Crippen LogP contribution in [0.5, 0.6) is 0 Å². The largest absolute Gasteiger partial charge is 0.192 e. The Hall–Kier alpha value is -0.560. The maximum Gasteiger partial charge on any atom is 0.0991 e. The highest BCUT2D eigenvalue weighted by atomic mass is 127. The van der Waals surface area contributed by atoms with Gasteiger partial charge in [-0.2, -0.15) is 5.26 Å². The molecule has 0 radical (unpaired) electrons. The SMILES string of the molecule is Cc1cc(C#N)cc(C)c1I.